The second kappa shape index (κ2) is 9.11. The van der Waals surface area contributed by atoms with E-state index in [-0.39, 0.29) is 17.8 Å². The van der Waals surface area contributed by atoms with Crippen molar-refractivity contribution in [3.8, 4) is 11.5 Å². The van der Waals surface area contributed by atoms with E-state index in [1.807, 2.05) is 0 Å². The van der Waals surface area contributed by atoms with E-state index >= 15 is 0 Å². The molecule has 0 saturated carbocycles. The van der Waals surface area contributed by atoms with Crippen molar-refractivity contribution in [3.05, 3.63) is 29.8 Å². The number of benzene rings is 1. The molecule has 1 aromatic rings. The van der Waals surface area contributed by atoms with Crippen LogP contribution in [0.5, 0.6) is 11.5 Å². The molecule has 6 heteroatoms. The fourth-order valence-electron chi connectivity index (χ4n) is 2.87. The zero-order valence-electron chi connectivity index (χ0n) is 15.0. The Hall–Kier alpha value is -2.50. The first-order chi connectivity index (χ1) is 12.1. The summed E-state index contributed by atoms with van der Waals surface area (Å²) in [5.74, 6) is 0.760. The number of nitrogens with zero attached hydrogens (tertiary/aromatic N) is 1. The number of carbonyl (C=O) groups is 2. The number of carbonyl (C=O) groups excluding carboxylic acids is 2. The van der Waals surface area contributed by atoms with Gasteiger partial charge in [0.15, 0.2) is 0 Å². The van der Waals surface area contributed by atoms with E-state index in [9.17, 15) is 9.59 Å². The van der Waals surface area contributed by atoms with Gasteiger partial charge in [-0.1, -0.05) is 0 Å². The van der Waals surface area contributed by atoms with Crippen LogP contribution in [0.4, 0.5) is 0 Å². The molecule has 1 saturated heterocycles. The molecule has 1 aliphatic rings. The van der Waals surface area contributed by atoms with Crippen molar-refractivity contribution in [2.75, 3.05) is 33.9 Å². The van der Waals surface area contributed by atoms with Crippen molar-refractivity contribution in [1.82, 2.24) is 4.90 Å². The van der Waals surface area contributed by atoms with Gasteiger partial charge < -0.3 is 19.1 Å². The van der Waals surface area contributed by atoms with E-state index in [4.69, 9.17) is 14.2 Å². The second-order valence-corrected chi connectivity index (χ2v) is 5.82. The van der Waals surface area contributed by atoms with Gasteiger partial charge in [-0.25, -0.2) is 0 Å². The van der Waals surface area contributed by atoms with Crippen LogP contribution < -0.4 is 9.47 Å². The Kier molecular flexibility index (Phi) is 6.86. The highest BCUT2D eigenvalue weighted by Crippen LogP contribution is 2.25. The number of piperidine rings is 1. The first-order valence-corrected chi connectivity index (χ1v) is 8.44. The lowest BCUT2D eigenvalue weighted by molar-refractivity contribution is -0.150. The van der Waals surface area contributed by atoms with Crippen LogP contribution in [0.3, 0.4) is 0 Å². The smallest absolute Gasteiger partial charge is 0.310 e. The Morgan fingerprint density at radius 1 is 1.28 bits per heavy atom. The largest absolute Gasteiger partial charge is 0.497 e. The first kappa shape index (κ1) is 18.8. The maximum Gasteiger partial charge on any atom is 0.310 e. The maximum atomic E-state index is 12.5. The third-order valence-corrected chi connectivity index (χ3v) is 4.20. The Morgan fingerprint density at radius 2 is 2.08 bits per heavy atom. The van der Waals surface area contributed by atoms with Crippen molar-refractivity contribution in [3.63, 3.8) is 0 Å². The molecule has 6 nitrogen and oxygen atoms in total. The predicted octanol–water partition coefficient (Wildman–Crippen LogP) is 2.52. The molecule has 0 unspecified atom stereocenters. The Balaban J connectivity index is 2.06. The third-order valence-electron chi connectivity index (χ3n) is 4.20. The lowest BCUT2D eigenvalue weighted by atomic mass is 9.98. The summed E-state index contributed by atoms with van der Waals surface area (Å²) < 4.78 is 15.6. The van der Waals surface area contributed by atoms with E-state index in [1.54, 1.807) is 50.3 Å². The van der Waals surface area contributed by atoms with Crippen LogP contribution in [0, 0.1) is 5.92 Å². The molecular formula is C19H25NO5. The fraction of sp³-hybridized carbons (Fsp3) is 0.474. The third kappa shape index (κ3) is 4.98. The van der Waals surface area contributed by atoms with Crippen LogP contribution >= 0.6 is 0 Å². The molecule has 1 heterocycles. The summed E-state index contributed by atoms with van der Waals surface area (Å²) in [5.41, 5.74) is 0.758. The van der Waals surface area contributed by atoms with Gasteiger partial charge in [-0.15, -0.1) is 0 Å². The molecule has 136 valence electrons. The zero-order chi connectivity index (χ0) is 18.2. The van der Waals surface area contributed by atoms with Crippen LogP contribution in [-0.4, -0.2) is 50.7 Å². The number of rotatable bonds is 6. The number of methoxy groups -OCH3 is 2. The Labute approximate surface area is 148 Å². The minimum absolute atomic E-state index is 0.126. The second-order valence-electron chi connectivity index (χ2n) is 5.82. The van der Waals surface area contributed by atoms with Crippen LogP contribution in [-0.2, 0) is 14.3 Å². The molecule has 0 aliphatic carbocycles. The topological polar surface area (TPSA) is 65.1 Å². The maximum absolute atomic E-state index is 12.5. The molecule has 0 bridgehead atoms. The van der Waals surface area contributed by atoms with Crippen LogP contribution in [0.2, 0.25) is 0 Å². The lowest BCUT2D eigenvalue weighted by Gasteiger charge is -2.30. The summed E-state index contributed by atoms with van der Waals surface area (Å²) in [6.45, 7) is 3.19. The van der Waals surface area contributed by atoms with Crippen molar-refractivity contribution in [2.45, 2.75) is 19.8 Å². The molecule has 1 amide bonds. The number of ether oxygens (including phenoxy) is 3. The van der Waals surface area contributed by atoms with Gasteiger partial charge in [0.1, 0.15) is 11.5 Å². The van der Waals surface area contributed by atoms with Gasteiger partial charge in [0.05, 0.1) is 26.7 Å². The molecule has 25 heavy (non-hydrogen) atoms. The van der Waals surface area contributed by atoms with E-state index in [0.29, 0.717) is 31.2 Å². The van der Waals surface area contributed by atoms with Gasteiger partial charge in [-0.2, -0.15) is 0 Å². The Morgan fingerprint density at radius 3 is 2.76 bits per heavy atom. The quantitative estimate of drug-likeness (QED) is 0.584. The molecule has 0 radical (unpaired) electrons. The van der Waals surface area contributed by atoms with Crippen molar-refractivity contribution in [2.24, 2.45) is 5.92 Å². The summed E-state index contributed by atoms with van der Waals surface area (Å²) in [6.07, 6.45) is 4.77. The van der Waals surface area contributed by atoms with Crippen molar-refractivity contribution < 1.29 is 23.8 Å². The van der Waals surface area contributed by atoms with E-state index in [2.05, 4.69) is 0 Å². The summed E-state index contributed by atoms with van der Waals surface area (Å²) in [7, 11) is 3.17. The van der Waals surface area contributed by atoms with Crippen molar-refractivity contribution >= 4 is 18.0 Å². The summed E-state index contributed by atoms with van der Waals surface area (Å²) >= 11 is 0. The van der Waals surface area contributed by atoms with Gasteiger partial charge in [0, 0.05) is 24.7 Å². The standard InChI is InChI=1S/C19H25NO5/c1-4-25-19(22)15-6-5-11-20(13-15)18(21)10-7-14-12-16(23-2)8-9-17(14)24-3/h7-10,12,15H,4-6,11,13H2,1-3H3/b10-7-/t15-/m1/s1. The minimum Gasteiger partial charge on any atom is -0.497 e. The summed E-state index contributed by atoms with van der Waals surface area (Å²) in [6, 6.07) is 5.40. The van der Waals surface area contributed by atoms with Crippen molar-refractivity contribution in [1.29, 1.82) is 0 Å². The molecule has 1 aliphatic heterocycles. The Bertz CT molecular complexity index is 641. The van der Waals surface area contributed by atoms with Gasteiger partial charge in [0.25, 0.3) is 0 Å². The lowest BCUT2D eigenvalue weighted by Crippen LogP contribution is -2.42. The normalized spacial score (nSPS) is 17.4. The predicted molar refractivity (Wildman–Crippen MR) is 94.5 cm³/mol. The molecule has 2 rings (SSSR count). The van der Waals surface area contributed by atoms with Crippen LogP contribution in [0.1, 0.15) is 25.3 Å². The number of likely N-dealkylation sites (tertiary alicyclic amines) is 1. The van der Waals surface area contributed by atoms with E-state index in [1.165, 1.54) is 6.08 Å². The molecule has 0 aromatic heterocycles. The SMILES string of the molecule is CCOC(=O)[C@@H]1CCCN(C(=O)/C=C\c2cc(OC)ccc2OC)C1. The number of esters is 1. The zero-order valence-corrected chi connectivity index (χ0v) is 15.0. The average Bonchev–Trinajstić information content (AvgIpc) is 2.66. The van der Waals surface area contributed by atoms with Crippen LogP contribution in [0.25, 0.3) is 6.08 Å². The first-order valence-electron chi connectivity index (χ1n) is 8.44. The molecule has 1 fully saturated rings. The minimum atomic E-state index is -0.239. The van der Waals surface area contributed by atoms with Gasteiger partial charge in [-0.05, 0) is 44.0 Å². The van der Waals surface area contributed by atoms with Crippen LogP contribution in [0.15, 0.2) is 24.3 Å². The number of amides is 1. The molecule has 0 N–H and O–H groups in total. The van der Waals surface area contributed by atoms with Gasteiger partial charge >= 0.3 is 5.97 Å². The summed E-state index contributed by atoms with van der Waals surface area (Å²) in [5, 5.41) is 0. The highest BCUT2D eigenvalue weighted by Gasteiger charge is 2.28. The molecule has 1 atom stereocenters. The molecular weight excluding hydrogens is 322 g/mol. The van der Waals surface area contributed by atoms with Gasteiger partial charge in [-0.3, -0.25) is 9.59 Å². The monoisotopic (exact) mass is 347 g/mol. The summed E-state index contributed by atoms with van der Waals surface area (Å²) in [4.78, 5) is 26.0. The van der Waals surface area contributed by atoms with E-state index < -0.39 is 0 Å². The highest BCUT2D eigenvalue weighted by molar-refractivity contribution is 5.92. The number of hydrogen-bond acceptors (Lipinski definition) is 5. The molecule has 0 spiro atoms. The molecule has 1 aromatic carbocycles. The highest BCUT2D eigenvalue weighted by atomic mass is 16.5. The number of hydrogen-bond donors (Lipinski definition) is 0. The van der Waals surface area contributed by atoms with Gasteiger partial charge in [0.2, 0.25) is 5.91 Å². The average molecular weight is 347 g/mol. The fourth-order valence-corrected chi connectivity index (χ4v) is 2.87. The van der Waals surface area contributed by atoms with E-state index in [0.717, 1.165) is 18.4 Å².